The number of imide groups is 1. The number of aryl methyl sites for hydroxylation is 1. The number of amides is 3. The molecule has 8 heteroatoms. The van der Waals surface area contributed by atoms with Crippen molar-refractivity contribution in [3.63, 3.8) is 0 Å². The van der Waals surface area contributed by atoms with Crippen LogP contribution in [0.3, 0.4) is 0 Å². The largest absolute Gasteiger partial charge is 0.483 e. The maximum atomic E-state index is 13.0. The Hall–Kier alpha value is -3.88. The summed E-state index contributed by atoms with van der Waals surface area (Å²) in [4.78, 5) is 39.6. The molecule has 38 heavy (non-hydrogen) atoms. The van der Waals surface area contributed by atoms with Crippen LogP contribution in [0.4, 0.5) is 10.5 Å². The number of nitrogens with zero attached hydrogens (tertiary/aromatic N) is 1. The van der Waals surface area contributed by atoms with Gasteiger partial charge in [-0.1, -0.05) is 60.7 Å². The predicted octanol–water partition coefficient (Wildman–Crippen LogP) is 7.16. The number of nitrogens with one attached hydrogen (secondary N) is 1. The molecule has 4 aromatic carbocycles. The normalized spacial score (nSPS) is 14.4. The van der Waals surface area contributed by atoms with Gasteiger partial charge in [-0.25, -0.2) is 0 Å². The molecular formula is C30H23BrN2O4S. The van der Waals surface area contributed by atoms with Gasteiger partial charge in [0.05, 0.1) is 15.9 Å². The van der Waals surface area contributed by atoms with Crippen molar-refractivity contribution >= 4 is 67.3 Å². The molecule has 1 aliphatic heterocycles. The molecule has 190 valence electrons. The molecule has 1 aliphatic rings. The van der Waals surface area contributed by atoms with Gasteiger partial charge >= 0.3 is 0 Å². The number of thioether (sulfide) groups is 1. The fraction of sp³-hybridized carbons (Fsp3) is 0.100. The van der Waals surface area contributed by atoms with E-state index >= 15 is 0 Å². The minimum absolute atomic E-state index is 0.153. The van der Waals surface area contributed by atoms with Gasteiger partial charge in [0.2, 0.25) is 0 Å². The van der Waals surface area contributed by atoms with Crippen molar-refractivity contribution in [1.82, 2.24) is 4.90 Å². The highest BCUT2D eigenvalue weighted by atomic mass is 79.9. The second-order valence-electron chi connectivity index (χ2n) is 8.79. The van der Waals surface area contributed by atoms with Crippen LogP contribution in [-0.2, 0) is 16.1 Å². The third-order valence-electron chi connectivity index (χ3n) is 6.06. The summed E-state index contributed by atoms with van der Waals surface area (Å²) in [6, 6.07) is 26.7. The highest BCUT2D eigenvalue weighted by Crippen LogP contribution is 2.35. The molecule has 6 nitrogen and oxygen atoms in total. The maximum Gasteiger partial charge on any atom is 0.293 e. The van der Waals surface area contributed by atoms with Crippen molar-refractivity contribution in [3.05, 3.63) is 111 Å². The second-order valence-corrected chi connectivity index (χ2v) is 10.6. The Morgan fingerprint density at radius 2 is 1.74 bits per heavy atom. The maximum absolute atomic E-state index is 13.0. The number of rotatable bonds is 7. The molecule has 4 aromatic rings. The number of benzene rings is 4. The number of hydrogen-bond acceptors (Lipinski definition) is 5. The average Bonchev–Trinajstić information content (AvgIpc) is 3.16. The Kier molecular flexibility index (Phi) is 7.62. The number of anilines is 1. The zero-order chi connectivity index (χ0) is 26.6. The van der Waals surface area contributed by atoms with Gasteiger partial charge in [-0.2, -0.15) is 0 Å². The van der Waals surface area contributed by atoms with Crippen LogP contribution in [0.15, 0.2) is 94.3 Å². The second kappa shape index (κ2) is 11.2. The summed E-state index contributed by atoms with van der Waals surface area (Å²) < 4.78 is 6.30. The van der Waals surface area contributed by atoms with E-state index in [1.54, 1.807) is 24.3 Å². The predicted molar refractivity (Wildman–Crippen MR) is 155 cm³/mol. The number of hydrogen-bond donors (Lipinski definition) is 1. The smallest absolute Gasteiger partial charge is 0.293 e. The van der Waals surface area contributed by atoms with Crippen molar-refractivity contribution < 1.29 is 19.1 Å². The molecule has 0 saturated carbocycles. The lowest BCUT2D eigenvalue weighted by molar-refractivity contribution is -0.123. The summed E-state index contributed by atoms with van der Waals surface area (Å²) in [5.41, 5.74) is 3.32. The molecule has 1 heterocycles. The van der Waals surface area contributed by atoms with E-state index < -0.39 is 0 Å². The molecular weight excluding hydrogens is 564 g/mol. The fourth-order valence-electron chi connectivity index (χ4n) is 4.07. The third kappa shape index (κ3) is 5.82. The first-order valence-corrected chi connectivity index (χ1v) is 13.5. The van der Waals surface area contributed by atoms with Gasteiger partial charge < -0.3 is 10.1 Å². The van der Waals surface area contributed by atoms with Crippen LogP contribution in [0.5, 0.6) is 5.75 Å². The van der Waals surface area contributed by atoms with Crippen molar-refractivity contribution in [2.24, 2.45) is 0 Å². The average molecular weight is 587 g/mol. The van der Waals surface area contributed by atoms with Crippen molar-refractivity contribution in [1.29, 1.82) is 0 Å². The molecule has 0 bridgehead atoms. The van der Waals surface area contributed by atoms with Gasteiger partial charge in [0.1, 0.15) is 5.75 Å². The van der Waals surface area contributed by atoms with Crippen LogP contribution < -0.4 is 10.1 Å². The molecule has 0 aliphatic carbocycles. The monoisotopic (exact) mass is 586 g/mol. The van der Waals surface area contributed by atoms with Gasteiger partial charge in [0.15, 0.2) is 6.61 Å². The highest BCUT2D eigenvalue weighted by molar-refractivity contribution is 9.10. The van der Waals surface area contributed by atoms with E-state index in [1.807, 2.05) is 73.7 Å². The fourth-order valence-corrected chi connectivity index (χ4v) is 5.42. The van der Waals surface area contributed by atoms with Crippen molar-refractivity contribution in [2.45, 2.75) is 13.5 Å². The Morgan fingerprint density at radius 3 is 2.53 bits per heavy atom. The van der Waals surface area contributed by atoms with E-state index in [0.29, 0.717) is 15.1 Å². The lowest BCUT2D eigenvalue weighted by atomic mass is 10.1. The van der Waals surface area contributed by atoms with Crippen LogP contribution in [0.25, 0.3) is 16.8 Å². The van der Waals surface area contributed by atoms with Crippen LogP contribution in [-0.4, -0.2) is 28.6 Å². The first-order valence-electron chi connectivity index (χ1n) is 11.9. The Bertz CT molecular complexity index is 1600. The lowest BCUT2D eigenvalue weighted by Gasteiger charge is -2.13. The molecule has 5 rings (SSSR count). The van der Waals surface area contributed by atoms with Gasteiger partial charge in [-0.15, -0.1) is 0 Å². The lowest BCUT2D eigenvalue weighted by Crippen LogP contribution is -2.27. The van der Waals surface area contributed by atoms with Crippen molar-refractivity contribution in [3.8, 4) is 5.75 Å². The van der Waals surface area contributed by atoms with E-state index in [-0.39, 0.29) is 30.2 Å². The number of ether oxygens (including phenoxy) is 1. The van der Waals surface area contributed by atoms with Crippen LogP contribution in [0, 0.1) is 6.92 Å². The molecule has 1 saturated heterocycles. The van der Waals surface area contributed by atoms with Crippen molar-refractivity contribution in [2.75, 3.05) is 11.9 Å². The van der Waals surface area contributed by atoms with Gasteiger partial charge in [0, 0.05) is 5.69 Å². The molecule has 0 aromatic heterocycles. The van der Waals surface area contributed by atoms with Gasteiger partial charge in [0.25, 0.3) is 17.1 Å². The molecule has 0 atom stereocenters. The van der Waals surface area contributed by atoms with Crippen LogP contribution in [0.2, 0.25) is 0 Å². The molecule has 0 radical (unpaired) electrons. The van der Waals surface area contributed by atoms with Crippen LogP contribution in [0.1, 0.15) is 16.7 Å². The first-order chi connectivity index (χ1) is 18.4. The standard InChI is InChI=1S/C30H23BrN2O4S/c1-19-6-2-5-9-25(19)32-28(34)18-37-26-13-11-20(15-24(26)31)16-27-29(35)33(30(36)38-27)17-21-10-12-22-7-3-4-8-23(22)14-21/h2-16H,17-18H2,1H3,(H,32,34)/b27-16-. The summed E-state index contributed by atoms with van der Waals surface area (Å²) in [5.74, 6) is -0.0978. The summed E-state index contributed by atoms with van der Waals surface area (Å²) in [7, 11) is 0. The minimum Gasteiger partial charge on any atom is -0.483 e. The summed E-state index contributed by atoms with van der Waals surface area (Å²) >= 11 is 4.40. The third-order valence-corrected chi connectivity index (χ3v) is 7.59. The Balaban J connectivity index is 1.23. The molecule has 1 N–H and O–H groups in total. The number of halogens is 1. The van der Waals surface area contributed by atoms with Crippen LogP contribution >= 0.6 is 27.7 Å². The SMILES string of the molecule is Cc1ccccc1NC(=O)COc1ccc(/C=C2\SC(=O)N(Cc3ccc4ccccc4c3)C2=O)cc1Br. The van der Waals surface area contributed by atoms with Gasteiger partial charge in [-0.05, 0) is 92.4 Å². The minimum atomic E-state index is -0.322. The zero-order valence-corrected chi connectivity index (χ0v) is 22.8. The zero-order valence-electron chi connectivity index (χ0n) is 20.4. The van der Waals surface area contributed by atoms with E-state index in [2.05, 4.69) is 21.2 Å². The van der Waals surface area contributed by atoms with E-state index in [1.165, 1.54) is 4.90 Å². The summed E-state index contributed by atoms with van der Waals surface area (Å²) in [6.45, 7) is 1.98. The number of fused-ring (bicyclic) bond motifs is 1. The number of carbonyl (C=O) groups is 3. The Morgan fingerprint density at radius 1 is 0.974 bits per heavy atom. The molecule has 0 spiro atoms. The quantitative estimate of drug-likeness (QED) is 0.232. The van der Waals surface area contributed by atoms with Gasteiger partial charge in [-0.3, -0.25) is 19.3 Å². The van der Waals surface area contributed by atoms with E-state index in [0.717, 1.165) is 44.9 Å². The number of carbonyl (C=O) groups excluding carboxylic acids is 3. The number of para-hydroxylation sites is 1. The molecule has 0 unspecified atom stereocenters. The van der Waals surface area contributed by atoms with E-state index in [4.69, 9.17) is 4.74 Å². The topological polar surface area (TPSA) is 75.7 Å². The van der Waals surface area contributed by atoms with E-state index in [9.17, 15) is 14.4 Å². The summed E-state index contributed by atoms with van der Waals surface area (Å²) in [6.07, 6.45) is 1.69. The molecule has 1 fully saturated rings. The summed E-state index contributed by atoms with van der Waals surface area (Å²) in [5, 5.41) is 4.70. The Labute approximate surface area is 232 Å². The first kappa shape index (κ1) is 25.8. The highest BCUT2D eigenvalue weighted by Gasteiger charge is 2.35. The molecule has 3 amide bonds.